The van der Waals surface area contributed by atoms with Crippen molar-refractivity contribution in [3.8, 4) is 5.75 Å². The maximum absolute atomic E-state index is 12.3. The van der Waals surface area contributed by atoms with Crippen LogP contribution < -0.4 is 20.3 Å². The predicted molar refractivity (Wildman–Crippen MR) is 127 cm³/mol. The van der Waals surface area contributed by atoms with Crippen LogP contribution in [-0.4, -0.2) is 69.7 Å². The van der Waals surface area contributed by atoms with Crippen molar-refractivity contribution in [2.75, 3.05) is 57.8 Å². The summed E-state index contributed by atoms with van der Waals surface area (Å²) in [6.07, 6.45) is 0. The molecule has 1 aliphatic rings. The number of hydrogen-bond acceptors (Lipinski definition) is 4. The summed E-state index contributed by atoms with van der Waals surface area (Å²) < 4.78 is 5.24. The van der Waals surface area contributed by atoms with Crippen LogP contribution in [0, 0.1) is 0 Å². The van der Waals surface area contributed by atoms with Gasteiger partial charge in [0.1, 0.15) is 5.75 Å². The van der Waals surface area contributed by atoms with Crippen LogP contribution in [0.3, 0.4) is 0 Å². The maximum atomic E-state index is 12.3. The summed E-state index contributed by atoms with van der Waals surface area (Å²) in [6.45, 7) is 7.39. The molecule has 0 saturated carbocycles. The number of nitrogens with zero attached hydrogens (tertiary/aromatic N) is 3. The number of amides is 1. The minimum absolute atomic E-state index is 0.182. The summed E-state index contributed by atoms with van der Waals surface area (Å²) in [4.78, 5) is 21.6. The first-order valence-electron chi connectivity index (χ1n) is 10.6. The first-order chi connectivity index (χ1) is 15.1. The summed E-state index contributed by atoms with van der Waals surface area (Å²) in [7, 11) is 1.68. The monoisotopic (exact) mass is 443 g/mol. The number of aliphatic imine (C=N–C) groups is 1. The third-order valence-electron chi connectivity index (χ3n) is 5.13. The average Bonchev–Trinajstić information content (AvgIpc) is 2.81. The van der Waals surface area contributed by atoms with Crippen molar-refractivity contribution < 1.29 is 9.53 Å². The van der Waals surface area contributed by atoms with Gasteiger partial charge in [-0.2, -0.15) is 0 Å². The number of halogens is 1. The molecule has 1 saturated heterocycles. The SMILES string of the molecule is CCNC(=NCCNC(=O)c1ccccc1Cl)N1CCN(c2ccc(OC)cc2)CC1. The number of benzene rings is 2. The second-order valence-electron chi connectivity index (χ2n) is 7.14. The van der Waals surface area contributed by atoms with Crippen molar-refractivity contribution in [2.24, 2.45) is 4.99 Å². The van der Waals surface area contributed by atoms with Crippen molar-refractivity contribution in [3.05, 3.63) is 59.1 Å². The number of carbonyl (C=O) groups is 1. The Morgan fingerprint density at radius 2 is 1.77 bits per heavy atom. The Hall–Kier alpha value is -2.93. The molecular weight excluding hydrogens is 414 g/mol. The lowest BCUT2D eigenvalue weighted by atomic mass is 10.2. The minimum atomic E-state index is -0.182. The van der Waals surface area contributed by atoms with E-state index in [2.05, 4.69) is 39.5 Å². The second-order valence-corrected chi connectivity index (χ2v) is 7.55. The number of carbonyl (C=O) groups excluding carboxylic acids is 1. The van der Waals surface area contributed by atoms with E-state index < -0.39 is 0 Å². The quantitative estimate of drug-likeness (QED) is 0.391. The number of rotatable bonds is 7. The zero-order valence-electron chi connectivity index (χ0n) is 18.1. The zero-order chi connectivity index (χ0) is 22.1. The van der Waals surface area contributed by atoms with Gasteiger partial charge in [0.15, 0.2) is 5.96 Å². The number of guanidine groups is 1. The van der Waals surface area contributed by atoms with Gasteiger partial charge >= 0.3 is 0 Å². The Morgan fingerprint density at radius 1 is 1.06 bits per heavy atom. The van der Waals surface area contributed by atoms with E-state index >= 15 is 0 Å². The van der Waals surface area contributed by atoms with E-state index in [1.807, 2.05) is 12.1 Å². The van der Waals surface area contributed by atoms with Crippen LogP contribution >= 0.6 is 11.6 Å². The smallest absolute Gasteiger partial charge is 0.252 e. The highest BCUT2D eigenvalue weighted by molar-refractivity contribution is 6.33. The zero-order valence-corrected chi connectivity index (χ0v) is 18.9. The molecule has 31 heavy (non-hydrogen) atoms. The van der Waals surface area contributed by atoms with Crippen molar-refractivity contribution >= 4 is 29.2 Å². The average molecular weight is 444 g/mol. The first kappa shape index (κ1) is 22.7. The van der Waals surface area contributed by atoms with Gasteiger partial charge in [0.25, 0.3) is 5.91 Å². The van der Waals surface area contributed by atoms with E-state index in [4.69, 9.17) is 21.3 Å². The molecule has 1 aliphatic heterocycles. The Bertz CT molecular complexity index is 880. The Balaban J connectivity index is 1.50. The normalized spacial score (nSPS) is 14.4. The highest BCUT2D eigenvalue weighted by atomic mass is 35.5. The van der Waals surface area contributed by atoms with Gasteiger partial charge in [-0.05, 0) is 43.3 Å². The van der Waals surface area contributed by atoms with Crippen LogP contribution in [0.5, 0.6) is 5.75 Å². The fourth-order valence-corrected chi connectivity index (χ4v) is 3.69. The van der Waals surface area contributed by atoms with Crippen molar-refractivity contribution in [1.29, 1.82) is 0 Å². The summed E-state index contributed by atoms with van der Waals surface area (Å²) in [5.74, 6) is 1.56. The van der Waals surface area contributed by atoms with Crippen LogP contribution in [-0.2, 0) is 0 Å². The summed E-state index contributed by atoms with van der Waals surface area (Å²) in [5, 5.41) is 6.69. The highest BCUT2D eigenvalue weighted by Gasteiger charge is 2.20. The molecule has 0 aromatic heterocycles. The van der Waals surface area contributed by atoms with Crippen LogP contribution in [0.2, 0.25) is 5.02 Å². The molecule has 0 aliphatic carbocycles. The molecular formula is C23H30ClN5O2. The molecule has 1 fully saturated rings. The van der Waals surface area contributed by atoms with Gasteiger partial charge in [0.2, 0.25) is 0 Å². The molecule has 0 radical (unpaired) electrons. The maximum Gasteiger partial charge on any atom is 0.252 e. The molecule has 3 rings (SSSR count). The second kappa shape index (κ2) is 11.5. The Kier molecular flexibility index (Phi) is 8.41. The van der Waals surface area contributed by atoms with Crippen LogP contribution in [0.15, 0.2) is 53.5 Å². The van der Waals surface area contributed by atoms with Gasteiger partial charge in [-0.3, -0.25) is 9.79 Å². The van der Waals surface area contributed by atoms with Gasteiger partial charge in [-0.1, -0.05) is 23.7 Å². The van der Waals surface area contributed by atoms with Crippen LogP contribution in [0.25, 0.3) is 0 Å². The van der Waals surface area contributed by atoms with Crippen molar-refractivity contribution in [1.82, 2.24) is 15.5 Å². The van der Waals surface area contributed by atoms with E-state index in [1.165, 1.54) is 5.69 Å². The molecule has 2 N–H and O–H groups in total. The largest absolute Gasteiger partial charge is 0.497 e. The van der Waals surface area contributed by atoms with E-state index in [0.717, 1.165) is 44.4 Å². The number of hydrogen-bond donors (Lipinski definition) is 2. The fourth-order valence-electron chi connectivity index (χ4n) is 3.47. The molecule has 7 nitrogen and oxygen atoms in total. The number of anilines is 1. The lowest BCUT2D eigenvalue weighted by Crippen LogP contribution is -2.52. The predicted octanol–water partition coefficient (Wildman–Crippen LogP) is 2.87. The summed E-state index contributed by atoms with van der Waals surface area (Å²) >= 11 is 6.08. The van der Waals surface area contributed by atoms with Crippen LogP contribution in [0.1, 0.15) is 17.3 Å². The van der Waals surface area contributed by atoms with Crippen molar-refractivity contribution in [2.45, 2.75) is 6.92 Å². The number of nitrogens with one attached hydrogen (secondary N) is 2. The van der Waals surface area contributed by atoms with E-state index in [0.29, 0.717) is 23.7 Å². The molecule has 2 aromatic rings. The highest BCUT2D eigenvalue weighted by Crippen LogP contribution is 2.20. The van der Waals surface area contributed by atoms with E-state index in [1.54, 1.807) is 31.4 Å². The lowest BCUT2D eigenvalue weighted by molar-refractivity contribution is 0.0955. The molecule has 166 valence electrons. The third-order valence-corrected chi connectivity index (χ3v) is 5.46. The third kappa shape index (κ3) is 6.28. The minimum Gasteiger partial charge on any atom is -0.497 e. The summed E-state index contributed by atoms with van der Waals surface area (Å²) in [6, 6.07) is 15.2. The molecule has 0 bridgehead atoms. The van der Waals surface area contributed by atoms with Gasteiger partial charge in [0, 0.05) is 45.0 Å². The molecule has 0 spiro atoms. The van der Waals surface area contributed by atoms with Crippen molar-refractivity contribution in [3.63, 3.8) is 0 Å². The van der Waals surface area contributed by atoms with E-state index in [-0.39, 0.29) is 5.91 Å². The number of methoxy groups -OCH3 is 1. The molecule has 8 heteroatoms. The standard InChI is InChI=1S/C23H30ClN5O2/c1-3-25-23(27-13-12-26-22(30)20-6-4-5-7-21(20)24)29-16-14-28(15-17-29)18-8-10-19(31-2)11-9-18/h4-11H,3,12-17H2,1-2H3,(H,25,27)(H,26,30). The summed E-state index contributed by atoms with van der Waals surface area (Å²) in [5.41, 5.74) is 1.68. The first-order valence-corrected chi connectivity index (χ1v) is 10.9. The van der Waals surface area contributed by atoms with Gasteiger partial charge in [0.05, 0.1) is 24.2 Å². The van der Waals surface area contributed by atoms with E-state index in [9.17, 15) is 4.79 Å². The molecule has 0 atom stereocenters. The Labute approximate surface area is 189 Å². The van der Waals surface area contributed by atoms with Gasteiger partial charge < -0.3 is 25.2 Å². The Morgan fingerprint density at radius 3 is 2.42 bits per heavy atom. The topological polar surface area (TPSA) is 69.2 Å². The fraction of sp³-hybridized carbons (Fsp3) is 0.391. The molecule has 2 aromatic carbocycles. The number of ether oxygens (including phenoxy) is 1. The molecule has 1 amide bonds. The molecule has 1 heterocycles. The van der Waals surface area contributed by atoms with Gasteiger partial charge in [-0.15, -0.1) is 0 Å². The van der Waals surface area contributed by atoms with Crippen LogP contribution in [0.4, 0.5) is 5.69 Å². The molecule has 0 unspecified atom stereocenters. The van der Waals surface area contributed by atoms with Gasteiger partial charge in [-0.25, -0.2) is 0 Å². The lowest BCUT2D eigenvalue weighted by Gasteiger charge is -2.37. The number of piperazine rings is 1.